The SMILES string of the molecule is C[C@H](CO)N1C[C@H](C)[C@H](CN(C)Cc2ccc3c(c2)OCO3)Oc2ccc(NS(=O)(=O)c3cccs3)cc2CC1=O. The highest BCUT2D eigenvalue weighted by Gasteiger charge is 2.31. The second-order valence-corrected chi connectivity index (χ2v) is 13.5. The summed E-state index contributed by atoms with van der Waals surface area (Å²) in [5, 5.41) is 11.6. The molecule has 2 aliphatic heterocycles. The fraction of sp³-hybridized carbons (Fsp3) is 0.414. The number of nitrogens with one attached hydrogen (secondary N) is 1. The number of hydrogen-bond donors (Lipinski definition) is 2. The lowest BCUT2D eigenvalue weighted by Gasteiger charge is -2.34. The first-order valence-corrected chi connectivity index (χ1v) is 15.8. The molecule has 0 bridgehead atoms. The van der Waals surface area contributed by atoms with E-state index in [-0.39, 0.29) is 48.0 Å². The second kappa shape index (κ2) is 12.3. The summed E-state index contributed by atoms with van der Waals surface area (Å²) in [6.45, 7) is 5.54. The molecule has 0 radical (unpaired) electrons. The van der Waals surface area contributed by atoms with Crippen LogP contribution in [0.3, 0.4) is 0 Å². The average molecular weight is 602 g/mol. The third-order valence-corrected chi connectivity index (χ3v) is 10.1. The van der Waals surface area contributed by atoms with E-state index in [0.29, 0.717) is 36.6 Å². The van der Waals surface area contributed by atoms with Gasteiger partial charge in [-0.15, -0.1) is 11.3 Å². The van der Waals surface area contributed by atoms with Crippen molar-refractivity contribution in [2.45, 2.75) is 43.2 Å². The number of rotatable bonds is 9. The van der Waals surface area contributed by atoms with E-state index >= 15 is 0 Å². The molecule has 0 saturated carbocycles. The summed E-state index contributed by atoms with van der Waals surface area (Å²) < 4.78 is 46.0. The van der Waals surface area contributed by atoms with Crippen molar-refractivity contribution in [3.63, 3.8) is 0 Å². The lowest BCUT2D eigenvalue weighted by molar-refractivity contribution is -0.134. The van der Waals surface area contributed by atoms with Gasteiger partial charge in [0.1, 0.15) is 16.1 Å². The van der Waals surface area contributed by atoms with E-state index in [0.717, 1.165) is 28.4 Å². The summed E-state index contributed by atoms with van der Waals surface area (Å²) in [5.74, 6) is 1.78. The number of aliphatic hydroxyl groups is 1. The third kappa shape index (κ3) is 6.78. The van der Waals surface area contributed by atoms with Crippen molar-refractivity contribution < 1.29 is 32.5 Å². The molecule has 3 atom stereocenters. The number of carbonyl (C=O) groups excluding carboxylic acids is 1. The lowest BCUT2D eigenvalue weighted by Crippen LogP contribution is -2.47. The average Bonchev–Trinajstić information content (AvgIpc) is 3.64. The van der Waals surface area contributed by atoms with E-state index in [2.05, 4.69) is 9.62 Å². The molecule has 1 aromatic heterocycles. The highest BCUT2D eigenvalue weighted by atomic mass is 32.2. The number of likely N-dealkylation sites (N-methyl/N-ethyl adjacent to an activating group) is 1. The molecule has 0 fully saturated rings. The van der Waals surface area contributed by atoms with Gasteiger partial charge in [-0.05, 0) is 61.3 Å². The monoisotopic (exact) mass is 601 g/mol. The van der Waals surface area contributed by atoms with Gasteiger partial charge in [-0.25, -0.2) is 8.42 Å². The van der Waals surface area contributed by atoms with Gasteiger partial charge in [-0.1, -0.05) is 19.1 Å². The van der Waals surface area contributed by atoms with Crippen LogP contribution in [0, 0.1) is 5.92 Å². The number of thiophene rings is 1. The Morgan fingerprint density at radius 2 is 1.93 bits per heavy atom. The van der Waals surface area contributed by atoms with Crippen LogP contribution in [0.4, 0.5) is 5.69 Å². The predicted molar refractivity (Wildman–Crippen MR) is 156 cm³/mol. The van der Waals surface area contributed by atoms with Crippen molar-refractivity contribution in [3.05, 3.63) is 65.0 Å². The molecule has 2 aromatic carbocycles. The van der Waals surface area contributed by atoms with Crippen LogP contribution in [0.1, 0.15) is 25.0 Å². The maximum atomic E-state index is 13.5. The predicted octanol–water partition coefficient (Wildman–Crippen LogP) is 3.56. The Labute approximate surface area is 244 Å². The molecule has 3 heterocycles. The van der Waals surface area contributed by atoms with Crippen molar-refractivity contribution in [1.29, 1.82) is 0 Å². The van der Waals surface area contributed by atoms with Gasteiger partial charge < -0.3 is 24.2 Å². The number of amides is 1. The number of nitrogens with zero attached hydrogens (tertiary/aromatic N) is 2. The van der Waals surface area contributed by atoms with Gasteiger partial charge in [0.2, 0.25) is 12.7 Å². The first kappa shape index (κ1) is 29.2. The van der Waals surface area contributed by atoms with Crippen LogP contribution in [0.5, 0.6) is 17.2 Å². The first-order valence-electron chi connectivity index (χ1n) is 13.5. The molecule has 220 valence electrons. The van der Waals surface area contributed by atoms with Crippen molar-refractivity contribution in [3.8, 4) is 17.2 Å². The maximum Gasteiger partial charge on any atom is 0.271 e. The highest BCUT2D eigenvalue weighted by Crippen LogP contribution is 2.33. The third-order valence-electron chi connectivity index (χ3n) is 7.31. The molecule has 5 rings (SSSR count). The zero-order valence-electron chi connectivity index (χ0n) is 23.3. The smallest absolute Gasteiger partial charge is 0.271 e. The van der Waals surface area contributed by atoms with E-state index in [1.165, 1.54) is 6.07 Å². The van der Waals surface area contributed by atoms with Gasteiger partial charge >= 0.3 is 0 Å². The molecule has 2 aliphatic rings. The number of aliphatic hydroxyl groups excluding tert-OH is 1. The zero-order chi connectivity index (χ0) is 29.1. The summed E-state index contributed by atoms with van der Waals surface area (Å²) >= 11 is 1.13. The van der Waals surface area contributed by atoms with Gasteiger partial charge in [0.25, 0.3) is 10.0 Å². The number of anilines is 1. The number of ether oxygens (including phenoxy) is 3. The van der Waals surface area contributed by atoms with Crippen LogP contribution in [-0.2, 0) is 27.8 Å². The van der Waals surface area contributed by atoms with Gasteiger partial charge in [-0.3, -0.25) is 14.4 Å². The zero-order valence-corrected chi connectivity index (χ0v) is 24.9. The second-order valence-electron chi connectivity index (χ2n) is 10.6. The van der Waals surface area contributed by atoms with Gasteiger partial charge in [0, 0.05) is 36.8 Å². The van der Waals surface area contributed by atoms with Crippen LogP contribution in [0.2, 0.25) is 0 Å². The van der Waals surface area contributed by atoms with Crippen LogP contribution in [-0.4, -0.2) is 74.9 Å². The van der Waals surface area contributed by atoms with Crippen molar-refractivity contribution in [2.75, 3.05) is 38.3 Å². The molecule has 0 unspecified atom stereocenters. The molecule has 0 spiro atoms. The van der Waals surface area contributed by atoms with E-state index < -0.39 is 10.0 Å². The Balaban J connectivity index is 1.40. The topological polar surface area (TPSA) is 118 Å². The molecule has 3 aromatic rings. The van der Waals surface area contributed by atoms with E-state index in [1.54, 1.807) is 34.5 Å². The van der Waals surface area contributed by atoms with Crippen LogP contribution in [0.15, 0.2) is 58.1 Å². The van der Waals surface area contributed by atoms with Crippen LogP contribution < -0.4 is 18.9 Å². The van der Waals surface area contributed by atoms with E-state index in [1.807, 2.05) is 39.1 Å². The summed E-state index contributed by atoms with van der Waals surface area (Å²) in [6.07, 6.45) is -0.276. The Bertz CT molecular complexity index is 1480. The lowest BCUT2D eigenvalue weighted by atomic mass is 10.0. The molecule has 1 amide bonds. The molecule has 0 saturated heterocycles. The fourth-order valence-electron chi connectivity index (χ4n) is 5.06. The fourth-order valence-corrected chi connectivity index (χ4v) is 7.10. The normalized spacial score (nSPS) is 19.6. The molecule has 41 heavy (non-hydrogen) atoms. The summed E-state index contributed by atoms with van der Waals surface area (Å²) in [7, 11) is -1.75. The highest BCUT2D eigenvalue weighted by molar-refractivity contribution is 7.94. The first-order chi connectivity index (χ1) is 19.6. The molecular weight excluding hydrogens is 566 g/mol. The molecule has 2 N–H and O–H groups in total. The van der Waals surface area contributed by atoms with Crippen LogP contribution in [0.25, 0.3) is 0 Å². The minimum atomic E-state index is -3.75. The quantitative estimate of drug-likeness (QED) is 0.383. The molecule has 0 aliphatic carbocycles. The number of fused-ring (bicyclic) bond motifs is 2. The standard InChI is InChI=1S/C29H35N3O7S2/c1-19-14-32(20(2)17-33)28(34)13-22-12-23(30-41(35,36)29-5-4-10-40-29)7-9-24(22)39-27(19)16-31(3)15-21-6-8-25-26(11-21)38-18-37-25/h4-12,19-20,27,30,33H,13-18H2,1-3H3/t19-,20+,27-/m0/s1. The minimum Gasteiger partial charge on any atom is -0.488 e. The maximum absolute atomic E-state index is 13.5. The Morgan fingerprint density at radius 1 is 1.15 bits per heavy atom. The molecular formula is C29H35N3O7S2. The number of carbonyl (C=O) groups is 1. The molecule has 12 heteroatoms. The molecule has 10 nitrogen and oxygen atoms in total. The van der Waals surface area contributed by atoms with Gasteiger partial charge in [-0.2, -0.15) is 0 Å². The largest absolute Gasteiger partial charge is 0.488 e. The number of sulfonamides is 1. The summed E-state index contributed by atoms with van der Waals surface area (Å²) in [6, 6.07) is 13.8. The van der Waals surface area contributed by atoms with Crippen molar-refractivity contribution in [1.82, 2.24) is 9.80 Å². The number of hydrogen-bond acceptors (Lipinski definition) is 9. The van der Waals surface area contributed by atoms with Crippen LogP contribution >= 0.6 is 11.3 Å². The summed E-state index contributed by atoms with van der Waals surface area (Å²) in [4.78, 5) is 17.3. The van der Waals surface area contributed by atoms with Gasteiger partial charge in [0.05, 0.1) is 19.1 Å². The minimum absolute atomic E-state index is 0.0146. The Morgan fingerprint density at radius 3 is 2.68 bits per heavy atom. The van der Waals surface area contributed by atoms with Crippen molar-refractivity contribution >= 4 is 33.0 Å². The Kier molecular flexibility index (Phi) is 8.74. The number of benzene rings is 2. The van der Waals surface area contributed by atoms with Gasteiger partial charge in [0.15, 0.2) is 11.5 Å². The van der Waals surface area contributed by atoms with Crippen molar-refractivity contribution in [2.24, 2.45) is 5.92 Å². The van der Waals surface area contributed by atoms with E-state index in [4.69, 9.17) is 14.2 Å². The van der Waals surface area contributed by atoms with E-state index in [9.17, 15) is 18.3 Å². The Hall–Kier alpha value is -3.32. The summed E-state index contributed by atoms with van der Waals surface area (Å²) in [5.41, 5.74) is 1.99.